The van der Waals surface area contributed by atoms with Gasteiger partial charge in [0.25, 0.3) is 0 Å². The zero-order chi connectivity index (χ0) is 8.20. The molecule has 0 saturated carbocycles. The van der Waals surface area contributed by atoms with E-state index in [1.54, 1.807) is 0 Å². The van der Waals surface area contributed by atoms with Crippen LogP contribution in [0, 0.1) is 0 Å². The smallest absolute Gasteiger partial charge is 0.0518 e. The number of hydrogen-bond donors (Lipinski definition) is 0. The molecule has 0 aromatic carbocycles. The highest BCUT2D eigenvalue weighted by molar-refractivity contribution is 6.45. The summed E-state index contributed by atoms with van der Waals surface area (Å²) >= 11 is 0. The van der Waals surface area contributed by atoms with Crippen LogP contribution < -0.4 is 0 Å². The molecule has 10 heavy (non-hydrogen) atoms. The standard InChI is InChI=1S/C8H19NSi/c1-6-10-8(2,3)7-9(4)5/h6H,1,7,10H2,2-5H3. The van der Waals surface area contributed by atoms with Crippen molar-refractivity contribution in [1.82, 2.24) is 4.90 Å². The van der Waals surface area contributed by atoms with Gasteiger partial charge in [0.2, 0.25) is 0 Å². The van der Waals surface area contributed by atoms with E-state index in [0.717, 1.165) is 0 Å². The van der Waals surface area contributed by atoms with Crippen LogP contribution in [-0.2, 0) is 0 Å². The lowest BCUT2D eigenvalue weighted by Crippen LogP contribution is -2.27. The zero-order valence-electron chi connectivity index (χ0n) is 7.65. The molecule has 0 bridgehead atoms. The van der Waals surface area contributed by atoms with Gasteiger partial charge in [0.05, 0.1) is 9.52 Å². The summed E-state index contributed by atoms with van der Waals surface area (Å²) in [5.74, 6) is 0. The maximum atomic E-state index is 3.80. The summed E-state index contributed by atoms with van der Waals surface area (Å²) in [5.41, 5.74) is 2.13. The average molecular weight is 157 g/mol. The highest BCUT2D eigenvalue weighted by Gasteiger charge is 2.16. The molecule has 0 aliphatic heterocycles. The fourth-order valence-corrected chi connectivity index (χ4v) is 2.67. The van der Waals surface area contributed by atoms with Crippen molar-refractivity contribution in [3.8, 4) is 0 Å². The predicted octanol–water partition coefficient (Wildman–Crippen LogP) is 1.06. The molecule has 0 aromatic rings. The Morgan fingerprint density at radius 2 is 2.00 bits per heavy atom. The van der Waals surface area contributed by atoms with Crippen LogP contribution >= 0.6 is 0 Å². The number of nitrogens with zero attached hydrogens (tertiary/aromatic N) is 1. The van der Waals surface area contributed by atoms with Gasteiger partial charge < -0.3 is 4.90 Å². The van der Waals surface area contributed by atoms with E-state index >= 15 is 0 Å². The lowest BCUT2D eigenvalue weighted by atomic mass is 10.2. The third-order valence-corrected chi connectivity index (χ3v) is 3.06. The van der Waals surface area contributed by atoms with E-state index in [4.69, 9.17) is 0 Å². The lowest BCUT2D eigenvalue weighted by molar-refractivity contribution is 0.362. The fraction of sp³-hybridized carbons (Fsp3) is 0.750. The molecule has 1 nitrogen and oxygen atoms in total. The van der Waals surface area contributed by atoms with E-state index in [9.17, 15) is 0 Å². The molecule has 60 valence electrons. The van der Waals surface area contributed by atoms with Gasteiger partial charge in [-0.25, -0.2) is 0 Å². The van der Waals surface area contributed by atoms with Gasteiger partial charge >= 0.3 is 0 Å². The Balaban J connectivity index is 3.73. The van der Waals surface area contributed by atoms with Crippen LogP contribution in [0.4, 0.5) is 0 Å². The minimum atomic E-state index is -0.0709. The highest BCUT2D eigenvalue weighted by atomic mass is 28.2. The summed E-state index contributed by atoms with van der Waals surface area (Å²) in [4.78, 5) is 2.25. The zero-order valence-corrected chi connectivity index (χ0v) is 9.06. The first kappa shape index (κ1) is 9.92. The Morgan fingerprint density at radius 3 is 2.30 bits per heavy atom. The van der Waals surface area contributed by atoms with Crippen LogP contribution in [0.25, 0.3) is 0 Å². The van der Waals surface area contributed by atoms with E-state index in [1.807, 2.05) is 0 Å². The monoisotopic (exact) mass is 157 g/mol. The molecule has 2 heteroatoms. The van der Waals surface area contributed by atoms with Gasteiger partial charge in [-0.15, -0.1) is 12.3 Å². The normalized spacial score (nSPS) is 13.3. The topological polar surface area (TPSA) is 3.24 Å². The van der Waals surface area contributed by atoms with Crippen molar-refractivity contribution in [3.05, 3.63) is 12.3 Å². The SMILES string of the molecule is C=C[SiH2]C(C)(C)CN(C)C. The molecule has 0 rings (SSSR count). The second-order valence-corrected chi connectivity index (χ2v) is 6.79. The van der Waals surface area contributed by atoms with Crippen molar-refractivity contribution in [1.29, 1.82) is 0 Å². The van der Waals surface area contributed by atoms with E-state index in [2.05, 4.69) is 45.1 Å². The molecule has 0 aromatic heterocycles. The minimum absolute atomic E-state index is 0.0709. The van der Waals surface area contributed by atoms with Crippen molar-refractivity contribution in [2.75, 3.05) is 20.6 Å². The largest absolute Gasteiger partial charge is 0.309 e. The third kappa shape index (κ3) is 4.76. The third-order valence-electron chi connectivity index (χ3n) is 1.44. The van der Waals surface area contributed by atoms with E-state index in [-0.39, 0.29) is 9.52 Å². The Bertz CT molecular complexity index is 108. The molecule has 0 aliphatic carbocycles. The molecule has 0 radical (unpaired) electrons. The summed E-state index contributed by atoms with van der Waals surface area (Å²) in [6.07, 6.45) is 0. The van der Waals surface area contributed by atoms with Gasteiger partial charge in [-0.2, -0.15) is 0 Å². The van der Waals surface area contributed by atoms with Crippen LogP contribution in [0.3, 0.4) is 0 Å². The molecule has 0 spiro atoms. The Hall–Kier alpha value is -0.0831. The molecule has 0 unspecified atom stereocenters. The molecule has 0 amide bonds. The van der Waals surface area contributed by atoms with E-state index in [1.165, 1.54) is 6.54 Å². The summed E-state index contributed by atoms with van der Waals surface area (Å²) in [7, 11) is 4.18. The molecule has 0 N–H and O–H groups in total. The molecular weight excluding hydrogens is 138 g/mol. The second-order valence-electron chi connectivity index (χ2n) is 3.89. The Kier molecular flexibility index (Phi) is 3.90. The first-order chi connectivity index (χ1) is 4.48. The van der Waals surface area contributed by atoms with E-state index < -0.39 is 0 Å². The summed E-state index contributed by atoms with van der Waals surface area (Å²) < 4.78 is 0. The highest BCUT2D eigenvalue weighted by Crippen LogP contribution is 2.22. The molecular formula is C8H19NSi. The number of hydrogen-bond acceptors (Lipinski definition) is 1. The van der Waals surface area contributed by atoms with Gasteiger partial charge in [0.1, 0.15) is 0 Å². The molecule has 0 atom stereocenters. The molecule has 0 aliphatic rings. The minimum Gasteiger partial charge on any atom is -0.309 e. The summed E-state index contributed by atoms with van der Waals surface area (Å²) in [5, 5.41) is 0.519. The van der Waals surface area contributed by atoms with Crippen LogP contribution in [0.2, 0.25) is 5.04 Å². The first-order valence-electron chi connectivity index (χ1n) is 3.73. The van der Waals surface area contributed by atoms with Gasteiger partial charge in [-0.3, -0.25) is 0 Å². The second kappa shape index (κ2) is 3.94. The van der Waals surface area contributed by atoms with Gasteiger partial charge in [0, 0.05) is 6.54 Å². The van der Waals surface area contributed by atoms with Crippen molar-refractivity contribution in [2.24, 2.45) is 0 Å². The molecule has 0 saturated heterocycles. The van der Waals surface area contributed by atoms with Crippen LogP contribution in [0.1, 0.15) is 13.8 Å². The summed E-state index contributed by atoms with van der Waals surface area (Å²) in [6.45, 7) is 9.62. The fourth-order valence-electron chi connectivity index (χ4n) is 1.31. The van der Waals surface area contributed by atoms with Gasteiger partial charge in [-0.05, 0) is 19.1 Å². The number of rotatable bonds is 4. The Morgan fingerprint density at radius 1 is 1.50 bits per heavy atom. The average Bonchev–Trinajstić information content (AvgIpc) is 1.59. The van der Waals surface area contributed by atoms with Crippen molar-refractivity contribution < 1.29 is 0 Å². The molecule has 0 heterocycles. The van der Waals surface area contributed by atoms with Crippen molar-refractivity contribution in [2.45, 2.75) is 18.9 Å². The maximum Gasteiger partial charge on any atom is 0.0518 e. The van der Waals surface area contributed by atoms with Crippen LogP contribution in [0.15, 0.2) is 12.3 Å². The van der Waals surface area contributed by atoms with Crippen LogP contribution in [0.5, 0.6) is 0 Å². The lowest BCUT2D eigenvalue weighted by Gasteiger charge is -2.26. The van der Waals surface area contributed by atoms with Crippen LogP contribution in [-0.4, -0.2) is 35.1 Å². The van der Waals surface area contributed by atoms with E-state index in [0.29, 0.717) is 5.04 Å². The quantitative estimate of drug-likeness (QED) is 0.552. The van der Waals surface area contributed by atoms with Gasteiger partial charge in [0.15, 0.2) is 0 Å². The van der Waals surface area contributed by atoms with Crippen molar-refractivity contribution >= 4 is 9.52 Å². The maximum absolute atomic E-state index is 3.80. The summed E-state index contributed by atoms with van der Waals surface area (Å²) in [6, 6.07) is 0. The van der Waals surface area contributed by atoms with Crippen molar-refractivity contribution in [3.63, 3.8) is 0 Å². The molecule has 0 fully saturated rings. The predicted molar refractivity (Wildman–Crippen MR) is 51.3 cm³/mol. The Labute approximate surface area is 66.9 Å². The first-order valence-corrected chi connectivity index (χ1v) is 5.26. The van der Waals surface area contributed by atoms with Gasteiger partial charge in [-0.1, -0.05) is 13.8 Å².